The minimum atomic E-state index is 0.700. The lowest BCUT2D eigenvalue weighted by Gasteiger charge is -2.39. The van der Waals surface area contributed by atoms with Gasteiger partial charge in [-0.05, 0) is 18.2 Å². The molecule has 1 aliphatic rings. The second kappa shape index (κ2) is 3.35. The molecule has 0 saturated carbocycles. The predicted molar refractivity (Wildman–Crippen MR) is 60.9 cm³/mol. The molecule has 1 fully saturated rings. The first kappa shape index (κ1) is 8.92. The van der Waals surface area contributed by atoms with Crippen molar-refractivity contribution in [3.63, 3.8) is 0 Å². The van der Waals surface area contributed by atoms with Gasteiger partial charge in [0.15, 0.2) is 0 Å². The molecule has 3 nitrogen and oxygen atoms in total. The molecule has 3 rings (SSSR count). The summed E-state index contributed by atoms with van der Waals surface area (Å²) in [5, 5.41) is 8.42. The number of aromatic amines is 1. The summed E-state index contributed by atoms with van der Waals surface area (Å²) in [6, 6.07) is 6.43. The quantitative estimate of drug-likeness (QED) is 0.805. The third-order valence-electron chi connectivity index (χ3n) is 3.36. The molecule has 1 aliphatic heterocycles. The Morgan fingerprint density at radius 2 is 2.33 bits per heavy atom. The highest BCUT2D eigenvalue weighted by Gasteiger charge is 2.27. The van der Waals surface area contributed by atoms with Crippen molar-refractivity contribution in [1.82, 2.24) is 15.1 Å². The summed E-state index contributed by atoms with van der Waals surface area (Å²) in [5.41, 5.74) is 2.60. The Balaban J connectivity index is 1.95. The van der Waals surface area contributed by atoms with E-state index < -0.39 is 0 Å². The molecule has 1 saturated heterocycles. The van der Waals surface area contributed by atoms with Crippen LogP contribution in [0, 0.1) is 0 Å². The van der Waals surface area contributed by atoms with Gasteiger partial charge in [0.05, 0.1) is 11.7 Å². The van der Waals surface area contributed by atoms with Crippen LogP contribution in [0.1, 0.15) is 18.4 Å². The van der Waals surface area contributed by atoms with E-state index in [2.05, 4.69) is 40.2 Å². The summed E-state index contributed by atoms with van der Waals surface area (Å²) >= 11 is 0. The van der Waals surface area contributed by atoms with E-state index in [1.165, 1.54) is 24.0 Å². The number of likely N-dealkylation sites (tertiary alicyclic amines) is 1. The van der Waals surface area contributed by atoms with Crippen LogP contribution in [0.3, 0.4) is 0 Å². The van der Waals surface area contributed by atoms with Crippen LogP contribution in [0.5, 0.6) is 0 Å². The van der Waals surface area contributed by atoms with Gasteiger partial charge in [0.1, 0.15) is 0 Å². The van der Waals surface area contributed by atoms with Gasteiger partial charge >= 0.3 is 0 Å². The van der Waals surface area contributed by atoms with Crippen LogP contribution in [0.2, 0.25) is 0 Å². The highest BCUT2D eigenvalue weighted by atomic mass is 15.2. The van der Waals surface area contributed by atoms with E-state index in [1.807, 2.05) is 6.20 Å². The summed E-state index contributed by atoms with van der Waals surface area (Å²) in [6.07, 6.45) is 1.94. The van der Waals surface area contributed by atoms with E-state index in [0.717, 1.165) is 12.1 Å². The lowest BCUT2D eigenvalue weighted by molar-refractivity contribution is 0.158. The number of likely N-dealkylation sites (N-methyl/N-ethyl adjacent to an activating group) is 1. The van der Waals surface area contributed by atoms with E-state index in [-0.39, 0.29) is 0 Å². The van der Waals surface area contributed by atoms with Crippen LogP contribution in [0.15, 0.2) is 24.4 Å². The van der Waals surface area contributed by atoms with Crippen molar-refractivity contribution in [2.24, 2.45) is 0 Å². The minimum Gasteiger partial charge on any atom is -0.302 e. The zero-order valence-corrected chi connectivity index (χ0v) is 8.90. The molecule has 2 aromatic rings. The molecular formula is C12H15N3. The summed E-state index contributed by atoms with van der Waals surface area (Å²) < 4.78 is 0. The molecule has 15 heavy (non-hydrogen) atoms. The highest BCUT2D eigenvalue weighted by molar-refractivity contribution is 5.82. The topological polar surface area (TPSA) is 31.9 Å². The van der Waals surface area contributed by atoms with Crippen molar-refractivity contribution in [1.29, 1.82) is 0 Å². The summed E-state index contributed by atoms with van der Waals surface area (Å²) in [7, 11) is 0. The first-order valence-electron chi connectivity index (χ1n) is 5.53. The lowest BCUT2D eigenvalue weighted by atomic mass is 9.89. The molecule has 0 bridgehead atoms. The van der Waals surface area contributed by atoms with E-state index in [1.54, 1.807) is 0 Å². The van der Waals surface area contributed by atoms with Gasteiger partial charge in [-0.3, -0.25) is 5.10 Å². The van der Waals surface area contributed by atoms with Crippen LogP contribution in [-0.2, 0) is 0 Å². The van der Waals surface area contributed by atoms with Crippen molar-refractivity contribution in [2.75, 3.05) is 19.6 Å². The molecule has 3 heteroatoms. The lowest BCUT2D eigenvalue weighted by Crippen LogP contribution is -2.44. The molecule has 0 spiro atoms. The van der Waals surface area contributed by atoms with Crippen molar-refractivity contribution in [3.8, 4) is 0 Å². The number of fused-ring (bicyclic) bond motifs is 1. The molecule has 0 radical (unpaired) electrons. The van der Waals surface area contributed by atoms with Crippen LogP contribution in [0.25, 0.3) is 10.9 Å². The zero-order chi connectivity index (χ0) is 10.3. The SMILES string of the molecule is CCN1CC(c2cccc3[nH]ncc23)C1. The van der Waals surface area contributed by atoms with E-state index >= 15 is 0 Å². The number of hydrogen-bond donors (Lipinski definition) is 1. The van der Waals surface area contributed by atoms with Gasteiger partial charge in [0.25, 0.3) is 0 Å². The molecule has 0 aliphatic carbocycles. The van der Waals surface area contributed by atoms with Crippen molar-refractivity contribution in [3.05, 3.63) is 30.0 Å². The molecule has 1 aromatic carbocycles. The second-order valence-corrected chi connectivity index (χ2v) is 4.23. The van der Waals surface area contributed by atoms with Crippen LogP contribution < -0.4 is 0 Å². The molecule has 1 N–H and O–H groups in total. The summed E-state index contributed by atoms with van der Waals surface area (Å²) in [5.74, 6) is 0.700. The number of H-pyrrole nitrogens is 1. The number of aromatic nitrogens is 2. The van der Waals surface area contributed by atoms with Crippen LogP contribution in [0.4, 0.5) is 0 Å². The molecule has 2 heterocycles. The van der Waals surface area contributed by atoms with E-state index in [0.29, 0.717) is 5.92 Å². The number of hydrogen-bond acceptors (Lipinski definition) is 2. The highest BCUT2D eigenvalue weighted by Crippen LogP contribution is 2.31. The summed E-state index contributed by atoms with van der Waals surface area (Å²) in [4.78, 5) is 2.46. The monoisotopic (exact) mass is 201 g/mol. The second-order valence-electron chi connectivity index (χ2n) is 4.23. The average Bonchev–Trinajstić information content (AvgIpc) is 2.64. The minimum absolute atomic E-state index is 0.700. The maximum atomic E-state index is 4.10. The summed E-state index contributed by atoms with van der Waals surface area (Å²) in [6.45, 7) is 5.77. The Kier molecular flexibility index (Phi) is 1.99. The maximum Gasteiger partial charge on any atom is 0.0653 e. The third-order valence-corrected chi connectivity index (χ3v) is 3.36. The number of nitrogens with one attached hydrogen (secondary N) is 1. The predicted octanol–water partition coefficient (Wildman–Crippen LogP) is 1.98. The van der Waals surface area contributed by atoms with Crippen LogP contribution >= 0.6 is 0 Å². The first-order valence-corrected chi connectivity index (χ1v) is 5.53. The fourth-order valence-corrected chi connectivity index (χ4v) is 2.37. The molecule has 0 unspecified atom stereocenters. The van der Waals surface area contributed by atoms with E-state index in [9.17, 15) is 0 Å². The van der Waals surface area contributed by atoms with Gasteiger partial charge in [-0.15, -0.1) is 0 Å². The van der Waals surface area contributed by atoms with Gasteiger partial charge in [0.2, 0.25) is 0 Å². The molecule has 0 atom stereocenters. The fourth-order valence-electron chi connectivity index (χ4n) is 2.37. The number of nitrogens with zero attached hydrogens (tertiary/aromatic N) is 2. The smallest absolute Gasteiger partial charge is 0.0653 e. The average molecular weight is 201 g/mol. The Hall–Kier alpha value is -1.35. The molecular weight excluding hydrogens is 186 g/mol. The Morgan fingerprint density at radius 3 is 3.13 bits per heavy atom. The maximum absolute atomic E-state index is 4.10. The number of benzene rings is 1. The largest absolute Gasteiger partial charge is 0.302 e. The normalized spacial score (nSPS) is 18.2. The van der Waals surface area contributed by atoms with Gasteiger partial charge in [-0.25, -0.2) is 0 Å². The molecule has 0 amide bonds. The zero-order valence-electron chi connectivity index (χ0n) is 8.90. The number of rotatable bonds is 2. The molecule has 1 aromatic heterocycles. The third kappa shape index (κ3) is 1.35. The Morgan fingerprint density at radius 1 is 1.47 bits per heavy atom. The van der Waals surface area contributed by atoms with Gasteiger partial charge < -0.3 is 4.90 Å². The van der Waals surface area contributed by atoms with Crippen molar-refractivity contribution in [2.45, 2.75) is 12.8 Å². The van der Waals surface area contributed by atoms with Gasteiger partial charge in [-0.1, -0.05) is 19.1 Å². The van der Waals surface area contributed by atoms with Crippen molar-refractivity contribution < 1.29 is 0 Å². The Bertz CT molecular complexity index is 468. The Labute approximate surface area is 89.1 Å². The van der Waals surface area contributed by atoms with Crippen molar-refractivity contribution >= 4 is 10.9 Å². The van der Waals surface area contributed by atoms with Gasteiger partial charge in [-0.2, -0.15) is 5.10 Å². The van der Waals surface area contributed by atoms with Gasteiger partial charge in [0, 0.05) is 24.4 Å². The standard InChI is InChI=1S/C12H15N3/c1-2-15-7-9(8-15)10-4-3-5-12-11(10)6-13-14-12/h3-6,9H,2,7-8H2,1H3,(H,13,14). The molecule has 78 valence electrons. The van der Waals surface area contributed by atoms with Crippen LogP contribution in [-0.4, -0.2) is 34.7 Å². The van der Waals surface area contributed by atoms with E-state index in [4.69, 9.17) is 0 Å². The fraction of sp³-hybridized carbons (Fsp3) is 0.417. The first-order chi connectivity index (χ1) is 7.38.